The first-order valence-corrected chi connectivity index (χ1v) is 4.73. The molecule has 0 aromatic carbocycles. The maximum absolute atomic E-state index is 10.8. The van der Waals surface area contributed by atoms with E-state index in [2.05, 4.69) is 4.98 Å². The first kappa shape index (κ1) is 8.00. The molecule has 1 aromatic heterocycles. The highest BCUT2D eigenvalue weighted by molar-refractivity contribution is 7.90. The van der Waals surface area contributed by atoms with E-state index in [0.29, 0.717) is 0 Å². The fourth-order valence-electron chi connectivity index (χ4n) is 0.658. The van der Waals surface area contributed by atoms with Gasteiger partial charge < -0.3 is 0 Å². The summed E-state index contributed by atoms with van der Waals surface area (Å²) in [5, 5.41) is 10.8. The summed E-state index contributed by atoms with van der Waals surface area (Å²) in [6.45, 7) is 0. The number of rotatable bonds is 1. The van der Waals surface area contributed by atoms with Gasteiger partial charge in [0.25, 0.3) is 5.88 Å². The van der Waals surface area contributed by atoms with Crippen LogP contribution in [0.2, 0.25) is 0 Å². The van der Waals surface area contributed by atoms with Gasteiger partial charge in [-0.2, -0.15) is 0 Å². The highest BCUT2D eigenvalue weighted by atomic mass is 32.2. The second-order valence-corrected chi connectivity index (χ2v) is 4.06. The molecule has 0 saturated heterocycles. The van der Waals surface area contributed by atoms with Crippen LogP contribution in [0.1, 0.15) is 0 Å². The van der Waals surface area contributed by atoms with Gasteiger partial charge in [-0.1, -0.05) is 0 Å². The smallest absolute Gasteiger partial charge is 0.266 e. The average Bonchev–Trinajstić information content (AvgIpc) is 1.86. The van der Waals surface area contributed by atoms with Crippen LogP contribution in [0.5, 0.6) is 5.88 Å². The van der Waals surface area contributed by atoms with Crippen molar-refractivity contribution >= 4 is 9.84 Å². The van der Waals surface area contributed by atoms with Crippen molar-refractivity contribution in [2.45, 2.75) is 4.90 Å². The van der Waals surface area contributed by atoms with Crippen molar-refractivity contribution in [2.75, 3.05) is 6.26 Å². The van der Waals surface area contributed by atoms with E-state index in [1.165, 1.54) is 18.3 Å². The quantitative estimate of drug-likeness (QED) is 0.623. The Morgan fingerprint density at radius 1 is 1.45 bits per heavy atom. The van der Waals surface area contributed by atoms with Crippen LogP contribution < -0.4 is 0 Å². The highest BCUT2D eigenvalue weighted by Crippen LogP contribution is 2.18. The van der Waals surface area contributed by atoms with E-state index in [9.17, 15) is 13.5 Å². The fourth-order valence-corrected chi connectivity index (χ4v) is 1.35. The number of nitrogens with zero attached hydrogens (tertiary/aromatic N) is 1. The van der Waals surface area contributed by atoms with E-state index in [1.807, 2.05) is 0 Å². The number of hydrogen-bond acceptors (Lipinski definition) is 3. The molecule has 4 nitrogen and oxygen atoms in total. The third-order valence-corrected chi connectivity index (χ3v) is 2.25. The van der Waals surface area contributed by atoms with E-state index < -0.39 is 15.7 Å². The zero-order chi connectivity index (χ0) is 8.48. The number of sulfone groups is 1. The Bertz CT molecular complexity index is 358. The molecule has 0 amide bonds. The first-order valence-electron chi connectivity index (χ1n) is 2.84. The Morgan fingerprint density at radius 3 is 2.45 bits per heavy atom. The molecular weight excluding hydrogens is 166 g/mol. The van der Waals surface area contributed by atoms with E-state index in [1.54, 1.807) is 0 Å². The third kappa shape index (κ3) is 1.68. The van der Waals surface area contributed by atoms with Crippen LogP contribution in [0, 0.1) is 0 Å². The van der Waals surface area contributed by atoms with Crippen LogP contribution in [0.25, 0.3) is 0 Å². The molecule has 0 aliphatic carbocycles. The predicted octanol–water partition coefficient (Wildman–Crippen LogP) is 0.629. The molecule has 11 heavy (non-hydrogen) atoms. The van der Waals surface area contributed by atoms with E-state index in [0.717, 1.165) is 6.26 Å². The van der Waals surface area contributed by atoms with Crippen molar-refractivity contribution < 1.29 is 13.5 Å². The van der Waals surface area contributed by atoms with E-state index in [4.69, 9.17) is 0 Å². The average molecular weight is 172 g/mol. The highest BCUT2D eigenvalue weighted by Gasteiger charge is 2.13. The molecule has 0 aliphatic heterocycles. The monoisotopic (exact) mass is 172 g/mol. The van der Waals surface area contributed by atoms with Crippen LogP contribution in [0.15, 0.2) is 23.2 Å². The summed E-state index contributed by atoms with van der Waals surface area (Å²) >= 11 is 0. The standard InChI is InChI=1S/C6H6NO3S/c1-11(9,10)5-3-2-4-7-6(5)8/h2-4H,1H3. The van der Waals surface area contributed by atoms with Crippen LogP contribution in [0.3, 0.4) is 0 Å². The molecule has 0 saturated carbocycles. The van der Waals surface area contributed by atoms with Crippen LogP contribution in [-0.2, 0) is 14.9 Å². The molecule has 1 radical (unpaired) electrons. The minimum atomic E-state index is -3.41. The van der Waals surface area contributed by atoms with Crippen molar-refractivity contribution in [1.29, 1.82) is 0 Å². The van der Waals surface area contributed by atoms with Crippen molar-refractivity contribution in [1.82, 2.24) is 4.98 Å². The Labute approximate surface area is 64.4 Å². The second kappa shape index (κ2) is 2.50. The lowest BCUT2D eigenvalue weighted by atomic mass is 10.5. The molecule has 0 spiro atoms. The lowest BCUT2D eigenvalue weighted by Crippen LogP contribution is -1.97. The maximum Gasteiger partial charge on any atom is 0.288 e. The van der Waals surface area contributed by atoms with Gasteiger partial charge in [-0.25, -0.2) is 13.4 Å². The Hall–Kier alpha value is -1.10. The maximum atomic E-state index is 10.8. The van der Waals surface area contributed by atoms with Crippen LogP contribution in [0.4, 0.5) is 0 Å². The zero-order valence-corrected chi connectivity index (χ0v) is 6.63. The second-order valence-electron chi connectivity index (χ2n) is 2.08. The van der Waals surface area contributed by atoms with E-state index in [-0.39, 0.29) is 4.90 Å². The number of pyridine rings is 1. The minimum Gasteiger partial charge on any atom is -0.266 e. The predicted molar refractivity (Wildman–Crippen MR) is 37.5 cm³/mol. The van der Waals surface area contributed by atoms with Gasteiger partial charge in [0.1, 0.15) is 4.90 Å². The molecule has 0 unspecified atom stereocenters. The normalized spacial score (nSPS) is 11.4. The molecule has 0 bridgehead atoms. The lowest BCUT2D eigenvalue weighted by Gasteiger charge is -1.95. The molecule has 0 atom stereocenters. The SMILES string of the molecule is CS(=O)(=O)c1cccnc1[O]. The zero-order valence-electron chi connectivity index (χ0n) is 5.81. The van der Waals surface area contributed by atoms with Crippen LogP contribution >= 0.6 is 0 Å². The first-order chi connectivity index (χ1) is 5.02. The number of aromatic nitrogens is 1. The van der Waals surface area contributed by atoms with Gasteiger partial charge in [-0.3, -0.25) is 5.11 Å². The van der Waals surface area contributed by atoms with E-state index >= 15 is 0 Å². The molecule has 1 rings (SSSR count). The van der Waals surface area contributed by atoms with Gasteiger partial charge >= 0.3 is 0 Å². The molecule has 1 heterocycles. The topological polar surface area (TPSA) is 66.9 Å². The minimum absolute atomic E-state index is 0.250. The largest absolute Gasteiger partial charge is 0.288 e. The molecule has 0 fully saturated rings. The number of hydrogen-bond donors (Lipinski definition) is 0. The summed E-state index contributed by atoms with van der Waals surface area (Å²) in [6.07, 6.45) is 2.24. The summed E-state index contributed by atoms with van der Waals surface area (Å²) in [6, 6.07) is 2.66. The third-order valence-electron chi connectivity index (χ3n) is 1.14. The molecular formula is C6H6NO3S. The van der Waals surface area contributed by atoms with Crippen molar-refractivity contribution in [2.24, 2.45) is 0 Å². The van der Waals surface area contributed by atoms with Crippen molar-refractivity contribution in [3.63, 3.8) is 0 Å². The van der Waals surface area contributed by atoms with Gasteiger partial charge in [0, 0.05) is 12.5 Å². The van der Waals surface area contributed by atoms with Gasteiger partial charge in [-0.05, 0) is 12.1 Å². The fraction of sp³-hybridized carbons (Fsp3) is 0.167. The Morgan fingerprint density at radius 2 is 2.09 bits per heavy atom. The van der Waals surface area contributed by atoms with Gasteiger partial charge in [0.05, 0.1) is 0 Å². The van der Waals surface area contributed by atoms with Gasteiger partial charge in [0.15, 0.2) is 9.84 Å². The Balaban J connectivity index is 3.37. The van der Waals surface area contributed by atoms with Crippen LogP contribution in [-0.4, -0.2) is 19.7 Å². The van der Waals surface area contributed by atoms with Gasteiger partial charge in [0.2, 0.25) is 0 Å². The molecule has 1 aromatic rings. The summed E-state index contributed by atoms with van der Waals surface area (Å²) in [4.78, 5) is 3.06. The van der Waals surface area contributed by atoms with Crippen molar-refractivity contribution in [3.8, 4) is 5.88 Å². The Kier molecular flexibility index (Phi) is 1.82. The summed E-state index contributed by atoms with van der Waals surface area (Å²) in [5.41, 5.74) is 0. The molecule has 59 valence electrons. The summed E-state index contributed by atoms with van der Waals surface area (Å²) in [7, 11) is -3.41. The molecule has 5 heteroatoms. The van der Waals surface area contributed by atoms with Crippen molar-refractivity contribution in [3.05, 3.63) is 18.3 Å². The lowest BCUT2D eigenvalue weighted by molar-refractivity contribution is 0.325. The van der Waals surface area contributed by atoms with Gasteiger partial charge in [-0.15, -0.1) is 0 Å². The summed E-state index contributed by atoms with van der Waals surface area (Å²) in [5.74, 6) is -0.699. The summed E-state index contributed by atoms with van der Waals surface area (Å²) < 4.78 is 21.6. The molecule has 0 aliphatic rings. The molecule has 0 N–H and O–H groups in total.